The molecule has 0 unspecified atom stereocenters. The third-order valence-electron chi connectivity index (χ3n) is 3.29. The van der Waals surface area contributed by atoms with Crippen molar-refractivity contribution in [1.29, 1.82) is 0 Å². The normalized spacial score (nSPS) is 10.3. The van der Waals surface area contributed by atoms with Crippen molar-refractivity contribution in [2.45, 2.75) is 26.7 Å². The number of benzene rings is 2. The Morgan fingerprint density at radius 3 is 2.45 bits per heavy atom. The predicted octanol–water partition coefficient (Wildman–Crippen LogP) is 3.46. The van der Waals surface area contributed by atoms with Gasteiger partial charge in [0.25, 0.3) is 0 Å². The van der Waals surface area contributed by atoms with Gasteiger partial charge in [-0.1, -0.05) is 29.8 Å². The Morgan fingerprint density at radius 1 is 1.10 bits per heavy atom. The maximum absolute atomic E-state index is 11.9. The highest BCUT2D eigenvalue weighted by atomic mass is 16.1. The summed E-state index contributed by atoms with van der Waals surface area (Å²) in [5.74, 6) is 0.0263. The summed E-state index contributed by atoms with van der Waals surface area (Å²) in [6.07, 6.45) is 1.23. The number of carbonyl (C=O) groups is 1. The van der Waals surface area contributed by atoms with Crippen LogP contribution in [0.5, 0.6) is 0 Å². The van der Waals surface area contributed by atoms with Crippen molar-refractivity contribution < 1.29 is 4.79 Å². The molecule has 0 bridgehead atoms. The summed E-state index contributed by atoms with van der Waals surface area (Å²) in [7, 11) is 0. The molecule has 3 nitrogen and oxygen atoms in total. The summed E-state index contributed by atoms with van der Waals surface area (Å²) in [5.41, 5.74) is 10.6. The lowest BCUT2D eigenvalue weighted by Crippen LogP contribution is -2.13. The molecule has 0 radical (unpaired) electrons. The first-order valence-electron chi connectivity index (χ1n) is 6.76. The van der Waals surface area contributed by atoms with Crippen LogP contribution in [0.25, 0.3) is 0 Å². The number of amides is 1. The highest BCUT2D eigenvalue weighted by Gasteiger charge is 2.05. The van der Waals surface area contributed by atoms with Gasteiger partial charge in [0.1, 0.15) is 0 Å². The molecule has 0 aliphatic rings. The fraction of sp³-hybridized carbons (Fsp3) is 0.235. The molecule has 0 aromatic heterocycles. The number of nitrogen functional groups attached to an aromatic ring is 1. The van der Waals surface area contributed by atoms with E-state index in [1.165, 1.54) is 11.1 Å². The van der Waals surface area contributed by atoms with Gasteiger partial charge < -0.3 is 11.1 Å². The van der Waals surface area contributed by atoms with Crippen LogP contribution in [0.15, 0.2) is 42.5 Å². The SMILES string of the molecule is Cc1ccc(CCC(=O)Nc2ccc(N)cc2C)cc1. The quantitative estimate of drug-likeness (QED) is 0.834. The molecule has 2 rings (SSSR count). The zero-order chi connectivity index (χ0) is 14.5. The van der Waals surface area contributed by atoms with E-state index in [-0.39, 0.29) is 5.91 Å². The number of rotatable bonds is 4. The van der Waals surface area contributed by atoms with Crippen LogP contribution < -0.4 is 11.1 Å². The second-order valence-corrected chi connectivity index (χ2v) is 5.11. The molecule has 0 spiro atoms. The van der Waals surface area contributed by atoms with E-state index in [1.54, 1.807) is 6.07 Å². The highest BCUT2D eigenvalue weighted by molar-refractivity contribution is 5.91. The van der Waals surface area contributed by atoms with Crippen molar-refractivity contribution in [3.8, 4) is 0 Å². The fourth-order valence-corrected chi connectivity index (χ4v) is 2.05. The Morgan fingerprint density at radius 2 is 1.80 bits per heavy atom. The Labute approximate surface area is 119 Å². The van der Waals surface area contributed by atoms with Crippen LogP contribution in [-0.2, 0) is 11.2 Å². The van der Waals surface area contributed by atoms with Gasteiger partial charge in [0.2, 0.25) is 5.91 Å². The molecule has 0 fully saturated rings. The monoisotopic (exact) mass is 268 g/mol. The van der Waals surface area contributed by atoms with Crippen molar-refractivity contribution >= 4 is 17.3 Å². The van der Waals surface area contributed by atoms with Crippen molar-refractivity contribution in [3.05, 3.63) is 59.2 Å². The minimum absolute atomic E-state index is 0.0263. The van der Waals surface area contributed by atoms with Crippen molar-refractivity contribution in [1.82, 2.24) is 0 Å². The molecule has 2 aromatic carbocycles. The van der Waals surface area contributed by atoms with E-state index in [0.29, 0.717) is 12.1 Å². The second-order valence-electron chi connectivity index (χ2n) is 5.11. The zero-order valence-electron chi connectivity index (χ0n) is 11.9. The summed E-state index contributed by atoms with van der Waals surface area (Å²) in [5, 5.41) is 2.92. The first-order valence-corrected chi connectivity index (χ1v) is 6.76. The van der Waals surface area contributed by atoms with Crippen molar-refractivity contribution in [3.63, 3.8) is 0 Å². The lowest BCUT2D eigenvalue weighted by atomic mass is 10.1. The topological polar surface area (TPSA) is 55.1 Å². The maximum atomic E-state index is 11.9. The minimum atomic E-state index is 0.0263. The van der Waals surface area contributed by atoms with E-state index in [2.05, 4.69) is 36.5 Å². The molecule has 3 N–H and O–H groups in total. The molecule has 2 aromatic rings. The summed E-state index contributed by atoms with van der Waals surface area (Å²) in [6.45, 7) is 3.99. The van der Waals surface area contributed by atoms with Crippen molar-refractivity contribution in [2.75, 3.05) is 11.1 Å². The number of nitrogens with two attached hydrogens (primary N) is 1. The first-order chi connectivity index (χ1) is 9.54. The van der Waals surface area contributed by atoms with E-state index in [4.69, 9.17) is 5.73 Å². The maximum Gasteiger partial charge on any atom is 0.224 e. The molecule has 3 heteroatoms. The Balaban J connectivity index is 1.90. The van der Waals surface area contributed by atoms with Gasteiger partial charge >= 0.3 is 0 Å². The van der Waals surface area contributed by atoms with Crippen LogP contribution >= 0.6 is 0 Å². The Kier molecular flexibility index (Phi) is 4.41. The van der Waals surface area contributed by atoms with E-state index in [1.807, 2.05) is 19.1 Å². The van der Waals surface area contributed by atoms with Gasteiger partial charge in [0.15, 0.2) is 0 Å². The number of aryl methyl sites for hydroxylation is 3. The van der Waals surface area contributed by atoms with E-state index < -0.39 is 0 Å². The average Bonchev–Trinajstić information content (AvgIpc) is 2.41. The first kappa shape index (κ1) is 14.1. The largest absolute Gasteiger partial charge is 0.399 e. The van der Waals surface area contributed by atoms with Gasteiger partial charge in [-0.2, -0.15) is 0 Å². The fourth-order valence-electron chi connectivity index (χ4n) is 2.05. The molecule has 1 amide bonds. The molecule has 20 heavy (non-hydrogen) atoms. The van der Waals surface area contributed by atoms with Gasteiger partial charge in [0.05, 0.1) is 0 Å². The van der Waals surface area contributed by atoms with E-state index >= 15 is 0 Å². The number of anilines is 2. The second kappa shape index (κ2) is 6.24. The van der Waals surface area contributed by atoms with Crippen LogP contribution in [0.1, 0.15) is 23.1 Å². The van der Waals surface area contributed by atoms with E-state index in [9.17, 15) is 4.79 Å². The van der Waals surface area contributed by atoms with Crippen LogP contribution in [-0.4, -0.2) is 5.91 Å². The molecule has 0 saturated carbocycles. The number of hydrogen-bond acceptors (Lipinski definition) is 2. The molecule has 0 aliphatic carbocycles. The number of carbonyl (C=O) groups excluding carboxylic acids is 1. The number of nitrogens with one attached hydrogen (secondary N) is 1. The van der Waals surface area contributed by atoms with Crippen LogP contribution in [0.3, 0.4) is 0 Å². The number of hydrogen-bond donors (Lipinski definition) is 2. The smallest absolute Gasteiger partial charge is 0.224 e. The van der Waals surface area contributed by atoms with Crippen LogP contribution in [0.2, 0.25) is 0 Å². The highest BCUT2D eigenvalue weighted by Crippen LogP contribution is 2.18. The third-order valence-corrected chi connectivity index (χ3v) is 3.29. The van der Waals surface area contributed by atoms with E-state index in [0.717, 1.165) is 17.7 Å². The van der Waals surface area contributed by atoms with Gasteiger partial charge in [0, 0.05) is 17.8 Å². The predicted molar refractivity (Wildman–Crippen MR) is 83.7 cm³/mol. The minimum Gasteiger partial charge on any atom is -0.399 e. The van der Waals surface area contributed by atoms with Crippen LogP contribution in [0.4, 0.5) is 11.4 Å². The van der Waals surface area contributed by atoms with Crippen molar-refractivity contribution in [2.24, 2.45) is 0 Å². The van der Waals surface area contributed by atoms with Gasteiger partial charge in [-0.15, -0.1) is 0 Å². The molecule has 0 saturated heterocycles. The molecule has 0 atom stereocenters. The standard InChI is InChI=1S/C17H20N2O/c1-12-3-5-14(6-4-12)7-10-17(20)19-16-9-8-15(18)11-13(16)2/h3-6,8-9,11H,7,10,18H2,1-2H3,(H,19,20). The van der Waals surface area contributed by atoms with Gasteiger partial charge in [-0.05, 0) is 49.6 Å². The summed E-state index contributed by atoms with van der Waals surface area (Å²) < 4.78 is 0. The molecule has 104 valence electrons. The third kappa shape index (κ3) is 3.85. The average molecular weight is 268 g/mol. The Bertz CT molecular complexity index is 603. The molecule has 0 heterocycles. The lowest BCUT2D eigenvalue weighted by Gasteiger charge is -2.09. The Hall–Kier alpha value is -2.29. The summed E-state index contributed by atoms with van der Waals surface area (Å²) in [4.78, 5) is 11.9. The van der Waals surface area contributed by atoms with Gasteiger partial charge in [-0.3, -0.25) is 4.79 Å². The molecular formula is C17H20N2O. The molecule has 0 aliphatic heterocycles. The summed E-state index contributed by atoms with van der Waals surface area (Å²) >= 11 is 0. The molecular weight excluding hydrogens is 248 g/mol. The summed E-state index contributed by atoms with van der Waals surface area (Å²) in [6, 6.07) is 13.8. The van der Waals surface area contributed by atoms with Gasteiger partial charge in [-0.25, -0.2) is 0 Å². The lowest BCUT2D eigenvalue weighted by molar-refractivity contribution is -0.116. The van der Waals surface area contributed by atoms with Crippen LogP contribution in [0, 0.1) is 13.8 Å². The zero-order valence-corrected chi connectivity index (χ0v) is 11.9.